The molecule has 11 heteroatoms. The molecule has 1 aliphatic rings. The third-order valence-corrected chi connectivity index (χ3v) is 4.30. The standard InChI is InChI=1S/C20H29F3N4O4/c1-19(2,3)31-18(28)27-9-7-26(8-10-27)17(24)25-12-14-5-6-15(16(11-14)29-4)30-13-20(21,22)23/h5-6,11H,7-10,12-13H2,1-4H3,(H2,24,25). The zero-order chi connectivity index (χ0) is 23.2. The number of piperazine rings is 1. The monoisotopic (exact) mass is 446 g/mol. The maximum Gasteiger partial charge on any atom is 0.422 e. The van der Waals surface area contributed by atoms with Crippen LogP contribution in [0.3, 0.4) is 0 Å². The van der Waals surface area contributed by atoms with Crippen molar-refractivity contribution in [1.29, 1.82) is 0 Å². The zero-order valence-electron chi connectivity index (χ0n) is 18.2. The summed E-state index contributed by atoms with van der Waals surface area (Å²) in [6, 6.07) is 4.57. The number of nitrogens with two attached hydrogens (primary N) is 1. The van der Waals surface area contributed by atoms with E-state index in [9.17, 15) is 18.0 Å². The summed E-state index contributed by atoms with van der Waals surface area (Å²) in [5.41, 5.74) is 6.22. The van der Waals surface area contributed by atoms with Gasteiger partial charge in [0.25, 0.3) is 0 Å². The maximum absolute atomic E-state index is 12.4. The van der Waals surface area contributed by atoms with Crippen LogP contribution < -0.4 is 15.2 Å². The van der Waals surface area contributed by atoms with Crippen molar-refractivity contribution >= 4 is 12.1 Å². The molecule has 8 nitrogen and oxygen atoms in total. The number of hydrogen-bond acceptors (Lipinski definition) is 5. The van der Waals surface area contributed by atoms with Crippen LogP contribution in [0.1, 0.15) is 26.3 Å². The number of nitrogens with zero attached hydrogens (tertiary/aromatic N) is 3. The van der Waals surface area contributed by atoms with Crippen molar-refractivity contribution in [1.82, 2.24) is 9.80 Å². The van der Waals surface area contributed by atoms with Crippen molar-refractivity contribution in [3.8, 4) is 11.5 Å². The number of guanidine groups is 1. The van der Waals surface area contributed by atoms with E-state index in [0.29, 0.717) is 37.7 Å². The molecule has 0 bridgehead atoms. The van der Waals surface area contributed by atoms with Gasteiger partial charge in [0.05, 0.1) is 13.7 Å². The average Bonchev–Trinajstić information content (AvgIpc) is 2.69. The lowest BCUT2D eigenvalue weighted by Crippen LogP contribution is -2.53. The fourth-order valence-electron chi connectivity index (χ4n) is 2.81. The highest BCUT2D eigenvalue weighted by atomic mass is 19.4. The van der Waals surface area contributed by atoms with Gasteiger partial charge in [-0.2, -0.15) is 13.2 Å². The molecule has 0 radical (unpaired) electrons. The summed E-state index contributed by atoms with van der Waals surface area (Å²) in [5.74, 6) is 0.500. The van der Waals surface area contributed by atoms with Crippen molar-refractivity contribution in [2.75, 3.05) is 39.9 Å². The van der Waals surface area contributed by atoms with Gasteiger partial charge in [-0.05, 0) is 38.5 Å². The highest BCUT2D eigenvalue weighted by Crippen LogP contribution is 2.30. The number of carbonyl (C=O) groups excluding carboxylic acids is 1. The number of alkyl halides is 3. The van der Waals surface area contributed by atoms with E-state index in [4.69, 9.17) is 19.9 Å². The van der Waals surface area contributed by atoms with Crippen LogP contribution in [0.4, 0.5) is 18.0 Å². The van der Waals surface area contributed by atoms with Crippen molar-refractivity contribution in [3.63, 3.8) is 0 Å². The number of halogens is 3. The van der Waals surface area contributed by atoms with E-state index in [2.05, 4.69) is 4.99 Å². The van der Waals surface area contributed by atoms with Gasteiger partial charge in [-0.1, -0.05) is 6.07 Å². The number of amides is 1. The normalized spacial score (nSPS) is 15.6. The van der Waals surface area contributed by atoms with Gasteiger partial charge in [0.15, 0.2) is 24.1 Å². The highest BCUT2D eigenvalue weighted by Gasteiger charge is 2.29. The van der Waals surface area contributed by atoms with Crippen molar-refractivity contribution in [3.05, 3.63) is 23.8 Å². The van der Waals surface area contributed by atoms with Crippen LogP contribution in [0.5, 0.6) is 11.5 Å². The summed E-state index contributed by atoms with van der Waals surface area (Å²) < 4.78 is 52.3. The molecule has 0 aromatic heterocycles. The number of benzene rings is 1. The Bertz CT molecular complexity index is 786. The minimum atomic E-state index is -4.43. The third-order valence-electron chi connectivity index (χ3n) is 4.30. The molecule has 1 fully saturated rings. The summed E-state index contributed by atoms with van der Waals surface area (Å²) in [6.07, 6.45) is -4.79. The van der Waals surface area contributed by atoms with E-state index in [1.807, 2.05) is 25.7 Å². The Morgan fingerprint density at radius 1 is 1.10 bits per heavy atom. The van der Waals surface area contributed by atoms with Crippen LogP contribution in [0, 0.1) is 0 Å². The fraction of sp³-hybridized carbons (Fsp3) is 0.600. The third kappa shape index (κ3) is 8.06. The van der Waals surface area contributed by atoms with Gasteiger partial charge in [-0.15, -0.1) is 0 Å². The number of rotatable bonds is 5. The molecule has 0 saturated carbocycles. The summed E-state index contributed by atoms with van der Waals surface area (Å²) in [6.45, 7) is 6.22. The lowest BCUT2D eigenvalue weighted by Gasteiger charge is -2.36. The number of carbonyl (C=O) groups is 1. The molecule has 2 N–H and O–H groups in total. The number of hydrogen-bond donors (Lipinski definition) is 1. The Labute approximate surface area is 179 Å². The van der Waals surface area contributed by atoms with Gasteiger partial charge < -0.3 is 29.7 Å². The molecule has 1 saturated heterocycles. The molecular weight excluding hydrogens is 417 g/mol. The second-order valence-electron chi connectivity index (χ2n) is 8.02. The lowest BCUT2D eigenvalue weighted by molar-refractivity contribution is -0.153. The van der Waals surface area contributed by atoms with Gasteiger partial charge in [-0.3, -0.25) is 0 Å². The summed E-state index contributed by atoms with van der Waals surface area (Å²) in [7, 11) is 1.35. The molecule has 1 heterocycles. The topological polar surface area (TPSA) is 89.6 Å². The summed E-state index contributed by atoms with van der Waals surface area (Å²) >= 11 is 0. The van der Waals surface area contributed by atoms with E-state index >= 15 is 0 Å². The Morgan fingerprint density at radius 3 is 2.26 bits per heavy atom. The van der Waals surface area contributed by atoms with Crippen molar-refractivity contribution in [2.24, 2.45) is 10.7 Å². The predicted octanol–water partition coefficient (Wildman–Crippen LogP) is 3.00. The average molecular weight is 446 g/mol. The first kappa shape index (κ1) is 24.4. The quantitative estimate of drug-likeness (QED) is 0.553. The molecule has 1 aromatic rings. The fourth-order valence-corrected chi connectivity index (χ4v) is 2.81. The van der Waals surface area contributed by atoms with Crippen molar-refractivity contribution < 1.29 is 32.2 Å². The van der Waals surface area contributed by atoms with Crippen LogP contribution in [0.15, 0.2) is 23.2 Å². The van der Waals surface area contributed by atoms with Crippen LogP contribution in [0.25, 0.3) is 0 Å². The van der Waals surface area contributed by atoms with Gasteiger partial charge in [0.2, 0.25) is 0 Å². The molecular formula is C20H29F3N4O4. The lowest BCUT2D eigenvalue weighted by atomic mass is 10.2. The number of aliphatic imine (C=N–C) groups is 1. The van der Waals surface area contributed by atoms with Crippen LogP contribution in [-0.4, -0.2) is 73.5 Å². The van der Waals surface area contributed by atoms with Crippen molar-refractivity contribution in [2.45, 2.75) is 39.1 Å². The molecule has 0 atom stereocenters. The first-order valence-electron chi connectivity index (χ1n) is 9.77. The minimum Gasteiger partial charge on any atom is -0.493 e. The van der Waals surface area contributed by atoms with E-state index in [1.165, 1.54) is 13.2 Å². The predicted molar refractivity (Wildman–Crippen MR) is 109 cm³/mol. The van der Waals surface area contributed by atoms with E-state index in [-0.39, 0.29) is 24.1 Å². The minimum absolute atomic E-state index is 0.00112. The first-order valence-corrected chi connectivity index (χ1v) is 9.77. The second-order valence-corrected chi connectivity index (χ2v) is 8.02. The molecule has 1 aromatic carbocycles. The Hall–Kier alpha value is -2.85. The Morgan fingerprint density at radius 2 is 1.71 bits per heavy atom. The van der Waals surface area contributed by atoms with E-state index in [0.717, 1.165) is 0 Å². The molecule has 0 aliphatic carbocycles. The molecule has 1 amide bonds. The molecule has 0 spiro atoms. The summed E-state index contributed by atoms with van der Waals surface area (Å²) in [5, 5.41) is 0. The van der Waals surface area contributed by atoms with Gasteiger partial charge in [-0.25, -0.2) is 9.79 Å². The van der Waals surface area contributed by atoms with Gasteiger partial charge in [0.1, 0.15) is 5.60 Å². The largest absolute Gasteiger partial charge is 0.493 e. The molecule has 0 unspecified atom stereocenters. The SMILES string of the molecule is COc1cc(CN=C(N)N2CCN(C(=O)OC(C)(C)C)CC2)ccc1OCC(F)(F)F. The van der Waals surface area contributed by atoms with Crippen LogP contribution in [0.2, 0.25) is 0 Å². The first-order chi connectivity index (χ1) is 14.4. The molecule has 2 rings (SSSR count). The number of methoxy groups -OCH3 is 1. The number of ether oxygens (including phenoxy) is 3. The molecule has 31 heavy (non-hydrogen) atoms. The Kier molecular flexibility index (Phi) is 7.85. The second kappa shape index (κ2) is 9.97. The van der Waals surface area contributed by atoms with Crippen LogP contribution in [-0.2, 0) is 11.3 Å². The van der Waals surface area contributed by atoms with E-state index < -0.39 is 18.4 Å². The highest BCUT2D eigenvalue weighted by molar-refractivity contribution is 5.78. The molecule has 1 aliphatic heterocycles. The Balaban J connectivity index is 1.91. The zero-order valence-corrected chi connectivity index (χ0v) is 18.2. The maximum atomic E-state index is 12.4. The summed E-state index contributed by atoms with van der Waals surface area (Å²) in [4.78, 5) is 20.0. The van der Waals surface area contributed by atoms with Gasteiger partial charge >= 0.3 is 12.3 Å². The molecule has 174 valence electrons. The van der Waals surface area contributed by atoms with Gasteiger partial charge in [0, 0.05) is 26.2 Å². The smallest absolute Gasteiger partial charge is 0.422 e. The van der Waals surface area contributed by atoms with Crippen LogP contribution >= 0.6 is 0 Å². The van der Waals surface area contributed by atoms with E-state index in [1.54, 1.807) is 17.0 Å².